The molecule has 0 saturated heterocycles. The van der Waals surface area contributed by atoms with Gasteiger partial charge in [-0.05, 0) is 42.9 Å². The van der Waals surface area contributed by atoms with Gasteiger partial charge in [-0.1, -0.05) is 35.8 Å². The summed E-state index contributed by atoms with van der Waals surface area (Å²) in [5, 5.41) is 21.5. The average molecular weight is 533 g/mol. The van der Waals surface area contributed by atoms with Crippen LogP contribution < -0.4 is 15.4 Å². The van der Waals surface area contributed by atoms with Crippen molar-refractivity contribution in [3.63, 3.8) is 0 Å². The molecule has 2 amide bonds. The Labute approximate surface area is 217 Å². The first kappa shape index (κ1) is 26.5. The highest BCUT2D eigenvalue weighted by atomic mass is 35.5. The van der Waals surface area contributed by atoms with Crippen LogP contribution in [0.1, 0.15) is 54.4 Å². The Balaban J connectivity index is 1.56. The second kappa shape index (κ2) is 10.8. The molecule has 1 aliphatic carbocycles. The van der Waals surface area contributed by atoms with E-state index in [2.05, 4.69) is 15.8 Å². The molecular weight excluding hydrogens is 506 g/mol. The number of amides is 2. The topological polar surface area (TPSA) is 111 Å². The number of rotatable bonds is 7. The van der Waals surface area contributed by atoms with Crippen LogP contribution in [-0.2, 0) is 11.2 Å². The number of hydrogen-bond donors (Lipinski definition) is 2. The zero-order chi connectivity index (χ0) is 26.7. The lowest BCUT2D eigenvalue weighted by Crippen LogP contribution is -2.51. The maximum atomic E-state index is 14.2. The molecule has 37 heavy (non-hydrogen) atoms. The zero-order valence-corrected chi connectivity index (χ0v) is 21.1. The van der Waals surface area contributed by atoms with Gasteiger partial charge in [0, 0.05) is 31.5 Å². The lowest BCUT2D eigenvalue weighted by molar-refractivity contribution is -0.611. The molecule has 0 bridgehead atoms. The Kier molecular flexibility index (Phi) is 7.77. The van der Waals surface area contributed by atoms with Crippen molar-refractivity contribution < 1.29 is 27.6 Å². The van der Waals surface area contributed by atoms with Gasteiger partial charge in [0.2, 0.25) is 11.8 Å². The third kappa shape index (κ3) is 5.90. The molecular formula is C26H27ClF2N4O4. The summed E-state index contributed by atoms with van der Waals surface area (Å²) >= 11 is 6.29. The first-order valence-corrected chi connectivity index (χ1v) is 12.4. The highest BCUT2D eigenvalue weighted by Crippen LogP contribution is 2.38. The summed E-state index contributed by atoms with van der Waals surface area (Å²) in [6.45, 7) is 3.45. The number of carbonyl (C=O) groups is 2. The van der Waals surface area contributed by atoms with Crippen LogP contribution in [0.25, 0.3) is 11.1 Å². The Hall–Kier alpha value is -3.53. The predicted molar refractivity (Wildman–Crippen MR) is 133 cm³/mol. The average Bonchev–Trinajstić information content (AvgIpc) is 3.34. The third-order valence-corrected chi connectivity index (χ3v) is 6.99. The minimum atomic E-state index is -2.91. The molecule has 2 atom stereocenters. The molecule has 1 aromatic carbocycles. The Morgan fingerprint density at radius 3 is 2.70 bits per heavy atom. The molecule has 2 N–H and O–H groups in total. The van der Waals surface area contributed by atoms with Gasteiger partial charge in [-0.15, -0.1) is 0 Å². The molecule has 8 nitrogen and oxygen atoms in total. The fraction of sp³-hybridized carbons (Fsp3) is 0.385. The first-order valence-electron chi connectivity index (χ1n) is 12.0. The van der Waals surface area contributed by atoms with Crippen molar-refractivity contribution in [2.45, 2.75) is 57.9 Å². The number of anilines is 1. The Morgan fingerprint density at radius 1 is 1.30 bits per heavy atom. The van der Waals surface area contributed by atoms with Crippen LogP contribution in [0.15, 0.2) is 47.3 Å². The molecule has 1 saturated carbocycles. The van der Waals surface area contributed by atoms with Crippen LogP contribution in [0.5, 0.6) is 0 Å². The van der Waals surface area contributed by atoms with Gasteiger partial charge in [-0.2, -0.15) is 4.73 Å². The van der Waals surface area contributed by atoms with Gasteiger partial charge in [-0.25, -0.2) is 8.78 Å². The quantitative estimate of drug-likeness (QED) is 0.326. The zero-order valence-electron chi connectivity index (χ0n) is 20.4. The van der Waals surface area contributed by atoms with Gasteiger partial charge < -0.3 is 20.4 Å². The van der Waals surface area contributed by atoms with Crippen LogP contribution in [0, 0.1) is 18.0 Å². The number of alkyl halides is 2. The summed E-state index contributed by atoms with van der Waals surface area (Å²) in [6, 6.07) is 6.93. The maximum absolute atomic E-state index is 14.2. The summed E-state index contributed by atoms with van der Waals surface area (Å²) in [7, 11) is 0. The van der Waals surface area contributed by atoms with Crippen LogP contribution in [0.2, 0.25) is 5.02 Å². The normalized spacial score (nSPS) is 17.7. The van der Waals surface area contributed by atoms with Gasteiger partial charge in [0.15, 0.2) is 11.9 Å². The number of benzene rings is 1. The van der Waals surface area contributed by atoms with E-state index in [-0.39, 0.29) is 18.4 Å². The van der Waals surface area contributed by atoms with Gasteiger partial charge in [0.25, 0.3) is 5.91 Å². The van der Waals surface area contributed by atoms with Crippen molar-refractivity contribution in [3.8, 4) is 11.1 Å². The van der Waals surface area contributed by atoms with Crippen LogP contribution >= 0.6 is 11.6 Å². The standard InChI is InChI=1S/C26H27ClF2N4O4/c1-3-21-19(14-37-32-21)24(34)31-23(17-5-4-11-26(28,29)13-17)25(35)30-18-8-6-16(7-9-18)22-15(2)33(36)12-10-20(22)27/h6-10,12,14,17,23H,3-5,11,13H2,1-2H3,(H,30,35)(H,31,34)/t17-,23-/m0/s1. The largest absolute Gasteiger partial charge is 0.618 e. The van der Waals surface area contributed by atoms with Gasteiger partial charge >= 0.3 is 0 Å². The molecule has 0 aliphatic heterocycles. The van der Waals surface area contributed by atoms with E-state index in [1.807, 2.05) is 0 Å². The van der Waals surface area contributed by atoms with E-state index in [1.165, 1.54) is 18.5 Å². The number of pyridine rings is 1. The summed E-state index contributed by atoms with van der Waals surface area (Å²) in [6.07, 6.45) is 2.80. The van der Waals surface area contributed by atoms with E-state index in [4.69, 9.17) is 16.1 Å². The lowest BCUT2D eigenvalue weighted by Gasteiger charge is -2.34. The van der Waals surface area contributed by atoms with Gasteiger partial charge in [0.05, 0.1) is 16.3 Å². The summed E-state index contributed by atoms with van der Waals surface area (Å²) < 4.78 is 34.1. The summed E-state index contributed by atoms with van der Waals surface area (Å²) in [5.74, 6) is -4.88. The number of hydrogen-bond acceptors (Lipinski definition) is 5. The molecule has 4 rings (SSSR count). The second-order valence-electron chi connectivity index (χ2n) is 9.21. The molecule has 2 heterocycles. The van der Waals surface area contributed by atoms with E-state index in [9.17, 15) is 23.6 Å². The van der Waals surface area contributed by atoms with Crippen molar-refractivity contribution in [3.05, 3.63) is 70.0 Å². The summed E-state index contributed by atoms with van der Waals surface area (Å²) in [4.78, 5) is 26.2. The number of aromatic nitrogens is 2. The SMILES string of the molecule is CCc1nocc1C(=O)N[C@H](C(=O)Nc1ccc(-c2c(Cl)cc[n+]([O-])c2C)cc1)[C@H]1CCCC(F)(F)C1. The third-order valence-electron chi connectivity index (χ3n) is 6.67. The highest BCUT2D eigenvalue weighted by Gasteiger charge is 2.42. The molecule has 1 fully saturated rings. The minimum absolute atomic E-state index is 0.165. The molecule has 0 spiro atoms. The van der Waals surface area contributed by atoms with E-state index >= 15 is 0 Å². The van der Waals surface area contributed by atoms with E-state index in [0.29, 0.717) is 50.8 Å². The lowest BCUT2D eigenvalue weighted by atomic mass is 9.81. The van der Waals surface area contributed by atoms with Crippen LogP contribution in [0.4, 0.5) is 14.5 Å². The smallest absolute Gasteiger partial charge is 0.257 e. The monoisotopic (exact) mass is 532 g/mol. The predicted octanol–water partition coefficient (Wildman–Crippen LogP) is 5.06. The number of aryl methyl sites for hydroxylation is 1. The maximum Gasteiger partial charge on any atom is 0.257 e. The molecule has 11 heteroatoms. The molecule has 0 unspecified atom stereocenters. The molecule has 196 valence electrons. The minimum Gasteiger partial charge on any atom is -0.618 e. The van der Waals surface area contributed by atoms with Crippen molar-refractivity contribution in [2.24, 2.45) is 5.92 Å². The Bertz CT molecular complexity index is 1300. The molecule has 0 radical (unpaired) electrons. The van der Waals surface area contributed by atoms with E-state index < -0.39 is 36.1 Å². The molecule has 2 aromatic heterocycles. The Morgan fingerprint density at radius 2 is 2.03 bits per heavy atom. The van der Waals surface area contributed by atoms with Crippen LogP contribution in [0.3, 0.4) is 0 Å². The summed E-state index contributed by atoms with van der Waals surface area (Å²) in [5.41, 5.74) is 2.63. The van der Waals surface area contributed by atoms with E-state index in [1.54, 1.807) is 38.1 Å². The van der Waals surface area contributed by atoms with Gasteiger partial charge in [0.1, 0.15) is 17.9 Å². The first-order chi connectivity index (χ1) is 17.6. The van der Waals surface area contributed by atoms with Crippen molar-refractivity contribution in [1.29, 1.82) is 0 Å². The van der Waals surface area contributed by atoms with Gasteiger partial charge in [-0.3, -0.25) is 9.59 Å². The highest BCUT2D eigenvalue weighted by molar-refractivity contribution is 6.33. The number of nitrogens with zero attached hydrogens (tertiary/aromatic N) is 2. The fourth-order valence-corrected chi connectivity index (χ4v) is 5.01. The fourth-order valence-electron chi connectivity index (χ4n) is 4.71. The van der Waals surface area contributed by atoms with Crippen molar-refractivity contribution >= 4 is 29.1 Å². The van der Waals surface area contributed by atoms with Crippen molar-refractivity contribution in [2.75, 3.05) is 5.32 Å². The number of nitrogens with one attached hydrogen (secondary N) is 2. The van der Waals surface area contributed by atoms with Crippen molar-refractivity contribution in [1.82, 2.24) is 10.5 Å². The number of carbonyl (C=O) groups excluding carboxylic acids is 2. The second-order valence-corrected chi connectivity index (χ2v) is 9.62. The molecule has 3 aromatic rings. The van der Waals surface area contributed by atoms with Crippen LogP contribution in [-0.4, -0.2) is 28.9 Å². The number of halogens is 3. The van der Waals surface area contributed by atoms with E-state index in [0.717, 1.165) is 0 Å². The molecule has 1 aliphatic rings.